The SMILES string of the molecule is Cc1cc(Cl)ccc1OCC(O)CN1CCOC(c2ccc(F)c(F)c2)C1.Cl. The van der Waals surface area contributed by atoms with Crippen molar-refractivity contribution in [2.75, 3.05) is 32.8 Å². The summed E-state index contributed by atoms with van der Waals surface area (Å²) in [5.74, 6) is -1.09. The normalized spacial score (nSPS) is 18.4. The van der Waals surface area contributed by atoms with E-state index in [0.717, 1.165) is 17.7 Å². The third-order valence-electron chi connectivity index (χ3n) is 4.50. The van der Waals surface area contributed by atoms with Crippen LogP contribution in [0.25, 0.3) is 0 Å². The molecule has 154 valence electrons. The zero-order chi connectivity index (χ0) is 19.4. The number of benzene rings is 2. The van der Waals surface area contributed by atoms with Crippen molar-refractivity contribution in [3.63, 3.8) is 0 Å². The average Bonchev–Trinajstić information content (AvgIpc) is 2.63. The molecule has 3 rings (SSSR count). The molecule has 0 spiro atoms. The lowest BCUT2D eigenvalue weighted by Gasteiger charge is -2.34. The molecular formula is C20H23Cl2F2NO3. The van der Waals surface area contributed by atoms with Crippen LogP contribution in [0.15, 0.2) is 36.4 Å². The second kappa shape index (κ2) is 10.4. The Kier molecular flexibility index (Phi) is 8.46. The van der Waals surface area contributed by atoms with Crippen molar-refractivity contribution in [1.29, 1.82) is 0 Å². The number of β-amino-alcohol motifs (C(OH)–C–C–N with tert-alkyl or cyclic N) is 1. The second-order valence-corrected chi connectivity index (χ2v) is 7.10. The van der Waals surface area contributed by atoms with E-state index in [2.05, 4.69) is 0 Å². The van der Waals surface area contributed by atoms with Crippen molar-refractivity contribution < 1.29 is 23.4 Å². The summed E-state index contributed by atoms with van der Waals surface area (Å²) >= 11 is 5.92. The minimum atomic E-state index is -0.889. The summed E-state index contributed by atoms with van der Waals surface area (Å²) < 4.78 is 37.9. The maximum Gasteiger partial charge on any atom is 0.159 e. The molecule has 2 unspecified atom stereocenters. The standard InChI is InChI=1S/C20H22ClF2NO3.ClH/c1-13-8-15(21)3-5-19(13)27-12-16(25)10-24-6-7-26-20(11-24)14-2-4-17(22)18(23)9-14;/h2-5,8-9,16,20,25H,6-7,10-12H2,1H3;1H. The van der Waals surface area contributed by atoms with E-state index in [4.69, 9.17) is 21.1 Å². The smallest absolute Gasteiger partial charge is 0.159 e. The first-order valence-electron chi connectivity index (χ1n) is 8.78. The van der Waals surface area contributed by atoms with Gasteiger partial charge in [0, 0.05) is 24.7 Å². The molecule has 1 aliphatic heterocycles. The summed E-state index contributed by atoms with van der Waals surface area (Å²) in [6.45, 7) is 4.03. The number of halogens is 4. The van der Waals surface area contributed by atoms with E-state index >= 15 is 0 Å². The lowest BCUT2D eigenvalue weighted by atomic mass is 10.1. The van der Waals surface area contributed by atoms with Crippen LogP contribution >= 0.6 is 24.0 Å². The summed E-state index contributed by atoms with van der Waals surface area (Å²) in [4.78, 5) is 2.03. The van der Waals surface area contributed by atoms with Gasteiger partial charge in [0.25, 0.3) is 0 Å². The van der Waals surface area contributed by atoms with Crippen molar-refractivity contribution in [1.82, 2.24) is 4.90 Å². The van der Waals surface area contributed by atoms with Gasteiger partial charge < -0.3 is 14.6 Å². The largest absolute Gasteiger partial charge is 0.491 e. The number of aliphatic hydroxyl groups is 1. The van der Waals surface area contributed by atoms with Crippen LogP contribution in [0.4, 0.5) is 8.78 Å². The number of hydrogen-bond acceptors (Lipinski definition) is 4. The maximum absolute atomic E-state index is 13.5. The number of ether oxygens (including phenoxy) is 2. The number of rotatable bonds is 6. The van der Waals surface area contributed by atoms with Crippen LogP contribution in [0, 0.1) is 18.6 Å². The molecule has 1 heterocycles. The molecule has 28 heavy (non-hydrogen) atoms. The minimum absolute atomic E-state index is 0. The van der Waals surface area contributed by atoms with Crippen LogP contribution in [0.2, 0.25) is 5.02 Å². The molecule has 2 atom stereocenters. The molecule has 2 aromatic rings. The van der Waals surface area contributed by atoms with Gasteiger partial charge in [0.15, 0.2) is 11.6 Å². The van der Waals surface area contributed by atoms with Crippen LogP contribution < -0.4 is 4.74 Å². The van der Waals surface area contributed by atoms with Gasteiger partial charge in [-0.15, -0.1) is 12.4 Å². The summed E-state index contributed by atoms with van der Waals surface area (Å²) in [5.41, 5.74) is 1.49. The van der Waals surface area contributed by atoms with Crippen LogP contribution in [0.5, 0.6) is 5.75 Å². The van der Waals surface area contributed by atoms with Gasteiger partial charge in [-0.05, 0) is 48.4 Å². The Morgan fingerprint density at radius 1 is 1.25 bits per heavy atom. The first-order chi connectivity index (χ1) is 12.9. The van der Waals surface area contributed by atoms with Gasteiger partial charge >= 0.3 is 0 Å². The minimum Gasteiger partial charge on any atom is -0.491 e. The van der Waals surface area contributed by atoms with Gasteiger partial charge in [0.2, 0.25) is 0 Å². The first-order valence-corrected chi connectivity index (χ1v) is 9.16. The zero-order valence-corrected chi connectivity index (χ0v) is 17.0. The molecule has 0 aliphatic carbocycles. The quantitative estimate of drug-likeness (QED) is 0.742. The third kappa shape index (κ3) is 6.03. The van der Waals surface area contributed by atoms with Crippen LogP contribution in [-0.2, 0) is 4.74 Å². The van der Waals surface area contributed by atoms with E-state index in [-0.39, 0.29) is 25.1 Å². The van der Waals surface area contributed by atoms with Crippen LogP contribution in [0.1, 0.15) is 17.2 Å². The first kappa shape index (κ1) is 22.8. The number of aryl methyl sites for hydroxylation is 1. The molecule has 2 aromatic carbocycles. The summed E-state index contributed by atoms with van der Waals surface area (Å²) in [6, 6.07) is 9.10. The zero-order valence-electron chi connectivity index (χ0n) is 15.4. The van der Waals surface area contributed by atoms with Crippen molar-refractivity contribution in [2.24, 2.45) is 0 Å². The Labute approximate surface area is 174 Å². The van der Waals surface area contributed by atoms with Crippen LogP contribution in [0.3, 0.4) is 0 Å². The maximum atomic E-state index is 13.5. The lowest BCUT2D eigenvalue weighted by molar-refractivity contribution is -0.0460. The van der Waals surface area contributed by atoms with E-state index in [9.17, 15) is 13.9 Å². The summed E-state index contributed by atoms with van der Waals surface area (Å²) in [6.07, 6.45) is -1.05. The highest BCUT2D eigenvalue weighted by molar-refractivity contribution is 6.30. The molecule has 0 saturated carbocycles. The highest BCUT2D eigenvalue weighted by Crippen LogP contribution is 2.24. The van der Waals surface area contributed by atoms with E-state index < -0.39 is 17.7 Å². The van der Waals surface area contributed by atoms with Gasteiger partial charge in [-0.1, -0.05) is 17.7 Å². The van der Waals surface area contributed by atoms with Crippen molar-refractivity contribution >= 4 is 24.0 Å². The molecule has 1 saturated heterocycles. The fourth-order valence-electron chi connectivity index (χ4n) is 3.09. The molecule has 1 N–H and O–H groups in total. The van der Waals surface area contributed by atoms with E-state index in [1.54, 1.807) is 18.2 Å². The fourth-order valence-corrected chi connectivity index (χ4v) is 3.32. The van der Waals surface area contributed by atoms with Crippen molar-refractivity contribution in [3.8, 4) is 5.75 Å². The summed E-state index contributed by atoms with van der Waals surface area (Å²) in [7, 11) is 0. The molecule has 4 nitrogen and oxygen atoms in total. The third-order valence-corrected chi connectivity index (χ3v) is 4.74. The predicted octanol–water partition coefficient (Wildman–Crippen LogP) is 4.16. The Hall–Kier alpha value is -1.44. The monoisotopic (exact) mass is 433 g/mol. The van der Waals surface area contributed by atoms with E-state index in [0.29, 0.717) is 42.6 Å². The topological polar surface area (TPSA) is 41.9 Å². The lowest BCUT2D eigenvalue weighted by Crippen LogP contribution is -2.43. The van der Waals surface area contributed by atoms with Crippen molar-refractivity contribution in [2.45, 2.75) is 19.1 Å². The second-order valence-electron chi connectivity index (χ2n) is 6.67. The van der Waals surface area contributed by atoms with E-state index in [1.165, 1.54) is 6.07 Å². The van der Waals surface area contributed by atoms with Crippen molar-refractivity contribution in [3.05, 3.63) is 64.2 Å². The fraction of sp³-hybridized carbons (Fsp3) is 0.400. The Balaban J connectivity index is 0.00000280. The van der Waals surface area contributed by atoms with E-state index in [1.807, 2.05) is 11.8 Å². The van der Waals surface area contributed by atoms with Gasteiger partial charge in [0.05, 0.1) is 12.7 Å². The highest BCUT2D eigenvalue weighted by Gasteiger charge is 2.24. The predicted molar refractivity (Wildman–Crippen MR) is 106 cm³/mol. The Morgan fingerprint density at radius 3 is 2.75 bits per heavy atom. The molecular weight excluding hydrogens is 411 g/mol. The Bertz CT molecular complexity index is 794. The number of nitrogens with zero attached hydrogens (tertiary/aromatic N) is 1. The number of hydrogen-bond donors (Lipinski definition) is 1. The molecule has 1 aliphatic rings. The average molecular weight is 434 g/mol. The number of morpholine rings is 1. The molecule has 0 aromatic heterocycles. The molecule has 0 radical (unpaired) electrons. The molecule has 0 amide bonds. The van der Waals surface area contributed by atoms with Gasteiger partial charge in [-0.2, -0.15) is 0 Å². The number of aliphatic hydroxyl groups excluding tert-OH is 1. The van der Waals surface area contributed by atoms with Gasteiger partial charge in [-0.25, -0.2) is 8.78 Å². The van der Waals surface area contributed by atoms with Gasteiger partial charge in [-0.3, -0.25) is 4.90 Å². The molecule has 0 bridgehead atoms. The molecule has 1 fully saturated rings. The Morgan fingerprint density at radius 2 is 2.04 bits per heavy atom. The van der Waals surface area contributed by atoms with Gasteiger partial charge in [0.1, 0.15) is 18.5 Å². The summed E-state index contributed by atoms with van der Waals surface area (Å²) in [5, 5.41) is 10.9. The van der Waals surface area contributed by atoms with Crippen LogP contribution in [-0.4, -0.2) is 49.0 Å². The molecule has 8 heteroatoms. The highest BCUT2D eigenvalue weighted by atomic mass is 35.5.